The SMILES string of the molecule is Cc1nc(Cl)ccc1NC(C)CCc1ccccc1. The zero-order chi connectivity index (χ0) is 13.7. The Kier molecular flexibility index (Phi) is 4.80. The molecule has 0 aliphatic carbocycles. The molecule has 2 nitrogen and oxygen atoms in total. The second-order valence-corrected chi connectivity index (χ2v) is 5.22. The van der Waals surface area contributed by atoms with E-state index in [4.69, 9.17) is 11.6 Å². The lowest BCUT2D eigenvalue weighted by Crippen LogP contribution is -2.17. The minimum atomic E-state index is 0.405. The van der Waals surface area contributed by atoms with Gasteiger partial charge in [-0.15, -0.1) is 0 Å². The summed E-state index contributed by atoms with van der Waals surface area (Å²) in [6.45, 7) is 4.16. The summed E-state index contributed by atoms with van der Waals surface area (Å²) >= 11 is 5.86. The first-order chi connectivity index (χ1) is 9.15. The van der Waals surface area contributed by atoms with Gasteiger partial charge < -0.3 is 5.32 Å². The second kappa shape index (κ2) is 6.58. The Hall–Kier alpha value is -1.54. The third-order valence-electron chi connectivity index (χ3n) is 3.16. The molecule has 1 N–H and O–H groups in total. The van der Waals surface area contributed by atoms with Crippen molar-refractivity contribution >= 4 is 17.3 Å². The van der Waals surface area contributed by atoms with Gasteiger partial charge in [-0.1, -0.05) is 41.9 Å². The number of nitrogens with zero attached hydrogens (tertiary/aromatic N) is 1. The molecule has 1 heterocycles. The Balaban J connectivity index is 1.89. The van der Waals surface area contributed by atoms with Crippen molar-refractivity contribution in [1.82, 2.24) is 4.98 Å². The van der Waals surface area contributed by atoms with Crippen molar-refractivity contribution in [1.29, 1.82) is 0 Å². The third kappa shape index (κ3) is 4.25. The maximum atomic E-state index is 5.86. The average Bonchev–Trinajstić information content (AvgIpc) is 2.41. The van der Waals surface area contributed by atoms with E-state index in [1.807, 2.05) is 25.1 Å². The molecule has 0 spiro atoms. The molecular weight excluding hydrogens is 256 g/mol. The fraction of sp³-hybridized carbons (Fsp3) is 0.312. The number of aromatic nitrogens is 1. The molecule has 0 aliphatic heterocycles. The lowest BCUT2D eigenvalue weighted by Gasteiger charge is -2.16. The Labute approximate surface area is 119 Å². The van der Waals surface area contributed by atoms with Crippen LogP contribution in [0.3, 0.4) is 0 Å². The van der Waals surface area contributed by atoms with E-state index < -0.39 is 0 Å². The van der Waals surface area contributed by atoms with Crippen LogP contribution in [0, 0.1) is 6.92 Å². The molecule has 0 aliphatic rings. The minimum absolute atomic E-state index is 0.405. The minimum Gasteiger partial charge on any atom is -0.381 e. The summed E-state index contributed by atoms with van der Waals surface area (Å²) in [6.07, 6.45) is 2.17. The average molecular weight is 275 g/mol. The Morgan fingerprint density at radius 1 is 1.16 bits per heavy atom. The molecule has 0 saturated heterocycles. The molecular formula is C16H19ClN2. The molecule has 2 rings (SSSR count). The normalized spacial score (nSPS) is 12.2. The van der Waals surface area contributed by atoms with Gasteiger partial charge in [0.15, 0.2) is 0 Å². The molecule has 3 heteroatoms. The lowest BCUT2D eigenvalue weighted by molar-refractivity contribution is 0.705. The quantitative estimate of drug-likeness (QED) is 0.814. The summed E-state index contributed by atoms with van der Waals surface area (Å²) in [4.78, 5) is 4.25. The van der Waals surface area contributed by atoms with Crippen molar-refractivity contribution in [3.05, 3.63) is 58.9 Å². The summed E-state index contributed by atoms with van der Waals surface area (Å²) < 4.78 is 0. The van der Waals surface area contributed by atoms with E-state index >= 15 is 0 Å². The molecule has 0 fully saturated rings. The molecule has 1 unspecified atom stereocenters. The van der Waals surface area contributed by atoms with Gasteiger partial charge in [0.25, 0.3) is 0 Å². The van der Waals surface area contributed by atoms with Crippen LogP contribution in [0.15, 0.2) is 42.5 Å². The topological polar surface area (TPSA) is 24.9 Å². The van der Waals surface area contributed by atoms with Gasteiger partial charge in [0.2, 0.25) is 0 Å². The highest BCUT2D eigenvalue weighted by Gasteiger charge is 2.06. The van der Waals surface area contributed by atoms with E-state index in [-0.39, 0.29) is 0 Å². The van der Waals surface area contributed by atoms with Crippen molar-refractivity contribution < 1.29 is 0 Å². The van der Waals surface area contributed by atoms with Gasteiger partial charge >= 0.3 is 0 Å². The molecule has 19 heavy (non-hydrogen) atoms. The van der Waals surface area contributed by atoms with Gasteiger partial charge in [-0.2, -0.15) is 0 Å². The number of nitrogens with one attached hydrogen (secondary N) is 1. The number of benzene rings is 1. The first kappa shape index (κ1) is 13.9. The fourth-order valence-electron chi connectivity index (χ4n) is 2.05. The van der Waals surface area contributed by atoms with Gasteiger partial charge in [-0.3, -0.25) is 0 Å². The molecule has 1 atom stereocenters. The highest BCUT2D eigenvalue weighted by atomic mass is 35.5. The van der Waals surface area contributed by atoms with E-state index in [0.29, 0.717) is 11.2 Å². The molecule has 100 valence electrons. The number of rotatable bonds is 5. The fourth-order valence-corrected chi connectivity index (χ4v) is 2.24. The number of halogens is 1. The van der Waals surface area contributed by atoms with Gasteiger partial charge in [0.05, 0.1) is 11.4 Å². The zero-order valence-corrected chi connectivity index (χ0v) is 12.1. The van der Waals surface area contributed by atoms with Gasteiger partial charge in [-0.05, 0) is 44.4 Å². The smallest absolute Gasteiger partial charge is 0.129 e. The van der Waals surface area contributed by atoms with Crippen LogP contribution in [-0.4, -0.2) is 11.0 Å². The number of pyridine rings is 1. The van der Waals surface area contributed by atoms with Gasteiger partial charge in [0, 0.05) is 6.04 Å². The van der Waals surface area contributed by atoms with Crippen LogP contribution in [0.5, 0.6) is 0 Å². The monoisotopic (exact) mass is 274 g/mol. The molecule has 0 radical (unpaired) electrons. The molecule has 1 aromatic carbocycles. The molecule has 1 aromatic heterocycles. The number of hydrogen-bond acceptors (Lipinski definition) is 2. The predicted molar refractivity (Wildman–Crippen MR) is 81.8 cm³/mol. The third-order valence-corrected chi connectivity index (χ3v) is 3.37. The van der Waals surface area contributed by atoms with Crippen molar-refractivity contribution in [2.75, 3.05) is 5.32 Å². The van der Waals surface area contributed by atoms with Crippen LogP contribution >= 0.6 is 11.6 Å². The maximum absolute atomic E-state index is 5.86. The molecule has 0 bridgehead atoms. The van der Waals surface area contributed by atoms with Crippen molar-refractivity contribution in [2.24, 2.45) is 0 Å². The Morgan fingerprint density at radius 2 is 1.89 bits per heavy atom. The first-order valence-corrected chi connectivity index (χ1v) is 6.96. The number of anilines is 1. The van der Waals surface area contributed by atoms with Crippen LogP contribution in [0.1, 0.15) is 24.6 Å². The van der Waals surface area contributed by atoms with E-state index in [2.05, 4.69) is 41.5 Å². The van der Waals surface area contributed by atoms with Crippen molar-refractivity contribution in [3.63, 3.8) is 0 Å². The van der Waals surface area contributed by atoms with Crippen molar-refractivity contribution in [3.8, 4) is 0 Å². The van der Waals surface area contributed by atoms with Crippen LogP contribution in [-0.2, 0) is 6.42 Å². The first-order valence-electron chi connectivity index (χ1n) is 6.59. The Bertz CT molecular complexity index is 526. The van der Waals surface area contributed by atoms with Crippen LogP contribution < -0.4 is 5.32 Å². The van der Waals surface area contributed by atoms with Crippen LogP contribution in [0.2, 0.25) is 5.15 Å². The summed E-state index contributed by atoms with van der Waals surface area (Å²) in [7, 11) is 0. The number of hydrogen-bond donors (Lipinski definition) is 1. The summed E-state index contributed by atoms with van der Waals surface area (Å²) in [5, 5.41) is 4.03. The standard InChI is InChI=1S/C16H19ClN2/c1-12(8-9-14-6-4-3-5-7-14)18-15-10-11-16(17)19-13(15)2/h3-7,10-12,18H,8-9H2,1-2H3. The zero-order valence-electron chi connectivity index (χ0n) is 11.4. The van der Waals surface area contributed by atoms with Crippen LogP contribution in [0.4, 0.5) is 5.69 Å². The van der Waals surface area contributed by atoms with Gasteiger partial charge in [0.1, 0.15) is 5.15 Å². The molecule has 0 amide bonds. The Morgan fingerprint density at radius 3 is 2.58 bits per heavy atom. The lowest BCUT2D eigenvalue weighted by atomic mass is 10.1. The summed E-state index contributed by atoms with van der Waals surface area (Å²) in [5.41, 5.74) is 3.38. The maximum Gasteiger partial charge on any atom is 0.129 e. The van der Waals surface area contributed by atoms with Crippen molar-refractivity contribution in [2.45, 2.75) is 32.7 Å². The molecule has 2 aromatic rings. The van der Waals surface area contributed by atoms with E-state index in [1.54, 1.807) is 0 Å². The van der Waals surface area contributed by atoms with E-state index in [0.717, 1.165) is 24.2 Å². The number of aryl methyl sites for hydroxylation is 2. The second-order valence-electron chi connectivity index (χ2n) is 4.84. The highest BCUT2D eigenvalue weighted by molar-refractivity contribution is 6.29. The predicted octanol–water partition coefficient (Wildman–Crippen LogP) is 4.48. The highest BCUT2D eigenvalue weighted by Crippen LogP contribution is 2.17. The summed E-state index contributed by atoms with van der Waals surface area (Å²) in [6, 6.07) is 14.8. The van der Waals surface area contributed by atoms with Gasteiger partial charge in [-0.25, -0.2) is 4.98 Å². The van der Waals surface area contributed by atoms with E-state index in [9.17, 15) is 0 Å². The van der Waals surface area contributed by atoms with E-state index in [1.165, 1.54) is 5.56 Å². The van der Waals surface area contributed by atoms with Crippen LogP contribution in [0.25, 0.3) is 0 Å². The largest absolute Gasteiger partial charge is 0.381 e. The summed E-state index contributed by atoms with van der Waals surface area (Å²) in [5.74, 6) is 0. The molecule has 0 saturated carbocycles.